The molecule has 2 aromatic carbocycles. The molecule has 1 saturated heterocycles. The molecule has 9 unspecified atom stereocenters. The Labute approximate surface area is 354 Å². The van der Waals surface area contributed by atoms with Crippen molar-refractivity contribution in [2.24, 2.45) is 16.7 Å². The third-order valence-corrected chi connectivity index (χ3v) is 11.7. The van der Waals surface area contributed by atoms with Gasteiger partial charge in [0.25, 0.3) is 0 Å². The molecule has 3 fully saturated rings. The fourth-order valence-corrected chi connectivity index (χ4v) is 8.95. The summed E-state index contributed by atoms with van der Waals surface area (Å²) in [5, 5.41) is 48.1. The van der Waals surface area contributed by atoms with Crippen molar-refractivity contribution in [2.45, 2.75) is 89.2 Å². The predicted octanol–water partition coefficient (Wildman–Crippen LogP) is 2.50. The maximum atomic E-state index is 14.7. The Morgan fingerprint density at radius 2 is 1.60 bits per heavy atom. The molecule has 0 amide bonds. The minimum atomic E-state index is -2.46. The number of fused-ring (bicyclic) bond motifs is 5. The number of carbonyl (C=O) groups excluding carboxylic acids is 2. The minimum Gasteiger partial charge on any atom is -0.455 e. The quantitative estimate of drug-likeness (QED) is 0.248. The molecule has 48 heavy (non-hydrogen) atoms. The van der Waals surface area contributed by atoms with Gasteiger partial charge in [0, 0.05) is 112 Å². The molecule has 10 atom stereocenters. The maximum Gasteiger partial charge on any atom is 0.360 e. The number of carbonyl (C=O) groups is 2. The summed E-state index contributed by atoms with van der Waals surface area (Å²) in [5.41, 5.74) is -5.81. The molecule has 6 rings (SSSR count). The normalized spacial score (nSPS) is 37.1. The van der Waals surface area contributed by atoms with Crippen molar-refractivity contribution in [3.8, 4) is 5.75 Å². The van der Waals surface area contributed by atoms with E-state index in [1.54, 1.807) is 63.2 Å². The number of ketones is 1. The van der Waals surface area contributed by atoms with E-state index < -0.39 is 81.6 Å². The SMILES string of the molecule is CC1=C2C(O)C(=O)[C@]3(C)C(OS(=O)Oc4ccc(C)cc4)CC4OCC4(O)C3C(OC(=O)c3ccccc3)C(O)(CC1O)C2(C)C.[Ac].[Ac]. The van der Waals surface area contributed by atoms with E-state index in [1.807, 2.05) is 6.92 Å². The number of ether oxygens (including phenoxy) is 2. The van der Waals surface area contributed by atoms with Gasteiger partial charge in [-0.15, -0.1) is 0 Å². The van der Waals surface area contributed by atoms with Gasteiger partial charge in [-0.2, -0.15) is 4.21 Å². The third-order valence-electron chi connectivity index (χ3n) is 11.0. The van der Waals surface area contributed by atoms with Gasteiger partial charge in [-0.05, 0) is 56.2 Å². The third kappa shape index (κ3) is 6.44. The number of rotatable bonds is 6. The first-order valence-electron chi connectivity index (χ1n) is 15.3. The van der Waals surface area contributed by atoms with Gasteiger partial charge < -0.3 is 34.1 Å². The number of aliphatic hydroxyl groups excluding tert-OH is 2. The van der Waals surface area contributed by atoms with Gasteiger partial charge >= 0.3 is 17.3 Å². The van der Waals surface area contributed by atoms with Crippen molar-refractivity contribution < 1.29 is 140 Å². The Morgan fingerprint density at radius 1 is 0.979 bits per heavy atom. The van der Waals surface area contributed by atoms with E-state index in [9.17, 15) is 34.2 Å². The molecule has 3 aliphatic carbocycles. The molecule has 2 bridgehead atoms. The molecule has 14 heteroatoms. The Balaban J connectivity index is 0.00000260. The summed E-state index contributed by atoms with van der Waals surface area (Å²) in [6.07, 6.45) is -7.50. The van der Waals surface area contributed by atoms with Gasteiger partial charge in [-0.3, -0.25) is 8.98 Å². The van der Waals surface area contributed by atoms with Crippen LogP contribution in [0, 0.1) is 112 Å². The number of aryl methyl sites for hydroxylation is 1. The van der Waals surface area contributed by atoms with E-state index in [2.05, 4.69) is 0 Å². The Bertz CT molecular complexity index is 1600. The first-order chi connectivity index (χ1) is 21.6. The molecular weight excluding hydrogens is 1070 g/mol. The van der Waals surface area contributed by atoms with E-state index in [-0.39, 0.29) is 124 Å². The van der Waals surface area contributed by atoms with Crippen LogP contribution in [-0.2, 0) is 29.8 Å². The molecule has 4 N–H and O–H groups in total. The monoisotopic (exact) mass is 1110 g/mol. The number of aliphatic hydroxyl groups is 4. The van der Waals surface area contributed by atoms with Gasteiger partial charge in [0.05, 0.1) is 35.9 Å². The van der Waals surface area contributed by atoms with Crippen molar-refractivity contribution >= 4 is 23.1 Å². The standard InChI is InChI=1S/C34H40O11S.2Ac/c1-18-11-13-21(14-12-18)44-46(41)45-23-15-24-33(39,17-42-24)27-29(43-30(38)20-9-7-6-8-10-20)34(40)16-22(35)19(2)25(31(34,3)4)26(36)28(37)32(23,27)5;;/h6-14,22-24,26-27,29,35-36,39-40H,15-17H2,1-5H3;;/t22?,23?,24?,26?,27?,29?,32-,33?,34?,46?;;/m1../s1. The molecule has 1 aliphatic heterocycles. The zero-order valence-electron chi connectivity index (χ0n) is 27.5. The van der Waals surface area contributed by atoms with Crippen molar-refractivity contribution in [1.29, 1.82) is 0 Å². The summed E-state index contributed by atoms with van der Waals surface area (Å²) >= 11 is -2.46. The molecule has 2 saturated carbocycles. The Kier molecular flexibility index (Phi) is 12.5. The molecule has 2 radical (unpaired) electrons. The average molecular weight is 1110 g/mol. The average Bonchev–Trinajstić information content (AvgIpc) is 3.00. The number of esters is 1. The van der Waals surface area contributed by atoms with Crippen molar-refractivity contribution in [1.82, 2.24) is 0 Å². The smallest absolute Gasteiger partial charge is 0.360 e. The van der Waals surface area contributed by atoms with Crippen LogP contribution in [0.15, 0.2) is 65.7 Å². The van der Waals surface area contributed by atoms with Crippen LogP contribution in [-0.4, -0.2) is 84.7 Å². The molecular formula is C34H40Ac2O11S. The summed E-state index contributed by atoms with van der Waals surface area (Å²) in [7, 11) is 0. The summed E-state index contributed by atoms with van der Waals surface area (Å²) in [6.45, 7) is 7.87. The van der Waals surface area contributed by atoms with Crippen molar-refractivity contribution in [2.75, 3.05) is 6.61 Å². The van der Waals surface area contributed by atoms with Crippen LogP contribution < -0.4 is 4.18 Å². The molecule has 1 heterocycles. The Morgan fingerprint density at radius 3 is 2.19 bits per heavy atom. The summed E-state index contributed by atoms with van der Waals surface area (Å²) in [4.78, 5) is 28.5. The van der Waals surface area contributed by atoms with E-state index in [0.717, 1.165) is 5.56 Å². The second-order valence-corrected chi connectivity index (χ2v) is 14.6. The van der Waals surface area contributed by atoms with Crippen LogP contribution in [0.5, 0.6) is 5.75 Å². The van der Waals surface area contributed by atoms with Crippen LogP contribution in [0.1, 0.15) is 56.5 Å². The van der Waals surface area contributed by atoms with E-state index in [1.165, 1.54) is 19.1 Å². The number of hydrogen-bond acceptors (Lipinski definition) is 11. The molecule has 11 nitrogen and oxygen atoms in total. The first-order valence-corrected chi connectivity index (χ1v) is 16.3. The fourth-order valence-electron chi connectivity index (χ4n) is 8.17. The van der Waals surface area contributed by atoms with E-state index in [0.29, 0.717) is 5.57 Å². The molecule has 4 aliphatic rings. The van der Waals surface area contributed by atoms with Crippen LogP contribution >= 0.6 is 0 Å². The first kappa shape index (κ1) is 40.7. The van der Waals surface area contributed by atoms with Gasteiger partial charge in [-0.25, -0.2) is 4.79 Å². The fraction of sp³-hybridized carbons (Fsp3) is 0.529. The second kappa shape index (κ2) is 14.7. The molecule has 254 valence electrons. The Hall–Kier alpha value is -0.0869. The topological polar surface area (TPSA) is 169 Å². The number of benzene rings is 2. The van der Waals surface area contributed by atoms with Crippen LogP contribution in [0.2, 0.25) is 0 Å². The van der Waals surface area contributed by atoms with Crippen LogP contribution in [0.3, 0.4) is 0 Å². The zero-order chi connectivity index (χ0) is 33.4. The molecule has 2 aromatic rings. The van der Waals surface area contributed by atoms with Crippen LogP contribution in [0.25, 0.3) is 0 Å². The molecule has 0 aromatic heterocycles. The summed E-state index contributed by atoms with van der Waals surface area (Å²) < 4.78 is 36.7. The maximum absolute atomic E-state index is 14.7. The van der Waals surface area contributed by atoms with Gasteiger partial charge in [0.2, 0.25) is 0 Å². The zero-order valence-corrected chi connectivity index (χ0v) is 37.8. The van der Waals surface area contributed by atoms with Crippen molar-refractivity contribution in [3.63, 3.8) is 0 Å². The second-order valence-electron chi connectivity index (χ2n) is 13.8. The number of hydrogen-bond donors (Lipinski definition) is 4. The summed E-state index contributed by atoms with van der Waals surface area (Å²) in [5.74, 6) is -2.84. The van der Waals surface area contributed by atoms with E-state index in [4.69, 9.17) is 17.8 Å². The molecule has 0 spiro atoms. The number of Topliss-reactive ketones (excluding diaryl/α,β-unsaturated/α-hetero) is 1. The predicted molar refractivity (Wildman–Crippen MR) is 164 cm³/mol. The van der Waals surface area contributed by atoms with Gasteiger partial charge in [0.15, 0.2) is 5.78 Å². The minimum absolute atomic E-state index is 0. The summed E-state index contributed by atoms with van der Waals surface area (Å²) in [6, 6.07) is 14.8. The van der Waals surface area contributed by atoms with Crippen LogP contribution in [0.4, 0.5) is 0 Å². The van der Waals surface area contributed by atoms with Gasteiger partial charge in [0.1, 0.15) is 29.2 Å². The van der Waals surface area contributed by atoms with Gasteiger partial charge in [-0.1, -0.05) is 49.7 Å². The van der Waals surface area contributed by atoms with E-state index >= 15 is 0 Å². The van der Waals surface area contributed by atoms with Crippen molar-refractivity contribution in [3.05, 3.63) is 76.9 Å². The largest absolute Gasteiger partial charge is 0.455 e.